The third-order valence-corrected chi connectivity index (χ3v) is 3.75. The van der Waals surface area contributed by atoms with E-state index in [1.165, 1.54) is 0 Å². The predicted molar refractivity (Wildman–Crippen MR) is 81.4 cm³/mol. The third-order valence-electron chi connectivity index (χ3n) is 3.75. The van der Waals surface area contributed by atoms with E-state index in [1.807, 2.05) is 0 Å². The number of esters is 1. The fraction of sp³-hybridized carbons (Fsp3) is 0.471. The van der Waals surface area contributed by atoms with Gasteiger partial charge in [0.15, 0.2) is 11.5 Å². The van der Waals surface area contributed by atoms with Gasteiger partial charge in [-0.2, -0.15) is 0 Å². The molecule has 0 spiro atoms. The summed E-state index contributed by atoms with van der Waals surface area (Å²) in [5, 5.41) is 0. The number of benzene rings is 1. The third kappa shape index (κ3) is 2.96. The molecule has 1 aliphatic rings. The molecule has 22 heavy (non-hydrogen) atoms. The van der Waals surface area contributed by atoms with Crippen LogP contribution in [0.1, 0.15) is 30.7 Å². The number of hydrogen-bond acceptors (Lipinski definition) is 5. The standard InChI is InChI=1S/C17H20O5/c1-5-6-7-8-12-15(17(18)22-12)11-9-13(19-2)16(21-4)14(10-11)20-3/h1,9-10,12,15H,6-8H2,2-4H3/t12-,15?/m0/s1. The van der Waals surface area contributed by atoms with E-state index in [4.69, 9.17) is 25.4 Å². The summed E-state index contributed by atoms with van der Waals surface area (Å²) < 4.78 is 21.2. The van der Waals surface area contributed by atoms with E-state index in [-0.39, 0.29) is 18.0 Å². The predicted octanol–water partition coefficient (Wildman–Crippen LogP) is 2.52. The summed E-state index contributed by atoms with van der Waals surface area (Å²) in [7, 11) is 4.63. The van der Waals surface area contributed by atoms with E-state index in [9.17, 15) is 4.79 Å². The average Bonchev–Trinajstić information content (AvgIpc) is 2.52. The van der Waals surface area contributed by atoms with Gasteiger partial charge in [-0.3, -0.25) is 4.79 Å². The van der Waals surface area contributed by atoms with E-state index in [0.717, 1.165) is 18.4 Å². The normalized spacial score (nSPS) is 19.6. The number of carbonyl (C=O) groups excluding carboxylic acids is 1. The van der Waals surface area contributed by atoms with E-state index < -0.39 is 0 Å². The van der Waals surface area contributed by atoms with Gasteiger partial charge in [-0.1, -0.05) is 0 Å². The van der Waals surface area contributed by atoms with Gasteiger partial charge in [0.05, 0.1) is 21.3 Å². The van der Waals surface area contributed by atoms with Crippen LogP contribution in [0.15, 0.2) is 12.1 Å². The van der Waals surface area contributed by atoms with Crippen LogP contribution in [0.2, 0.25) is 0 Å². The van der Waals surface area contributed by atoms with Crippen molar-refractivity contribution in [3.05, 3.63) is 17.7 Å². The molecule has 1 saturated heterocycles. The van der Waals surface area contributed by atoms with Crippen LogP contribution < -0.4 is 14.2 Å². The van der Waals surface area contributed by atoms with Crippen LogP contribution >= 0.6 is 0 Å². The second-order valence-electron chi connectivity index (χ2n) is 5.01. The summed E-state index contributed by atoms with van der Waals surface area (Å²) in [4.78, 5) is 11.9. The van der Waals surface area contributed by atoms with Crippen molar-refractivity contribution in [2.24, 2.45) is 0 Å². The van der Waals surface area contributed by atoms with Gasteiger partial charge in [-0.25, -0.2) is 0 Å². The minimum Gasteiger partial charge on any atom is -0.493 e. The molecule has 1 aliphatic heterocycles. The van der Waals surface area contributed by atoms with Gasteiger partial charge < -0.3 is 18.9 Å². The van der Waals surface area contributed by atoms with Gasteiger partial charge in [0.1, 0.15) is 12.0 Å². The van der Waals surface area contributed by atoms with Crippen LogP contribution in [-0.2, 0) is 9.53 Å². The molecule has 118 valence electrons. The molecule has 1 aromatic carbocycles. The lowest BCUT2D eigenvalue weighted by Crippen LogP contribution is -2.42. The fourth-order valence-electron chi connectivity index (χ4n) is 2.63. The Hall–Kier alpha value is -2.35. The van der Waals surface area contributed by atoms with Crippen molar-refractivity contribution < 1.29 is 23.7 Å². The van der Waals surface area contributed by atoms with Crippen molar-refractivity contribution in [3.63, 3.8) is 0 Å². The quantitative estimate of drug-likeness (QED) is 0.440. The highest BCUT2D eigenvalue weighted by Gasteiger charge is 2.43. The molecular weight excluding hydrogens is 284 g/mol. The summed E-state index contributed by atoms with van der Waals surface area (Å²) in [6, 6.07) is 3.58. The Bertz CT molecular complexity index is 562. The Morgan fingerprint density at radius 3 is 2.27 bits per heavy atom. The molecule has 0 aromatic heterocycles. The Kier molecular flexibility index (Phi) is 5.16. The van der Waals surface area contributed by atoms with Gasteiger partial charge in [0.2, 0.25) is 5.75 Å². The Morgan fingerprint density at radius 1 is 1.18 bits per heavy atom. The topological polar surface area (TPSA) is 54.0 Å². The number of rotatable bonds is 7. The molecule has 1 aromatic rings. The van der Waals surface area contributed by atoms with Gasteiger partial charge in [0, 0.05) is 6.42 Å². The van der Waals surface area contributed by atoms with Crippen LogP contribution in [-0.4, -0.2) is 33.4 Å². The van der Waals surface area contributed by atoms with Crippen molar-refractivity contribution in [1.82, 2.24) is 0 Å². The smallest absolute Gasteiger partial charge is 0.317 e. The maximum absolute atomic E-state index is 11.9. The molecule has 1 unspecified atom stereocenters. The van der Waals surface area contributed by atoms with Gasteiger partial charge in [-0.05, 0) is 30.5 Å². The van der Waals surface area contributed by atoms with Crippen LogP contribution in [0, 0.1) is 12.3 Å². The zero-order valence-electron chi connectivity index (χ0n) is 13.0. The van der Waals surface area contributed by atoms with E-state index in [1.54, 1.807) is 33.5 Å². The summed E-state index contributed by atoms with van der Waals surface area (Å²) >= 11 is 0. The Balaban J connectivity index is 2.27. The van der Waals surface area contributed by atoms with E-state index in [0.29, 0.717) is 23.7 Å². The lowest BCUT2D eigenvalue weighted by molar-refractivity contribution is -0.175. The van der Waals surface area contributed by atoms with Gasteiger partial charge in [0.25, 0.3) is 0 Å². The molecule has 2 rings (SSSR count). The van der Waals surface area contributed by atoms with Crippen molar-refractivity contribution in [2.45, 2.75) is 31.3 Å². The molecule has 0 N–H and O–H groups in total. The minimum absolute atomic E-state index is 0.149. The maximum Gasteiger partial charge on any atom is 0.317 e. The monoisotopic (exact) mass is 304 g/mol. The first-order valence-corrected chi connectivity index (χ1v) is 7.10. The number of terminal acetylenes is 1. The first-order chi connectivity index (χ1) is 10.7. The largest absolute Gasteiger partial charge is 0.493 e. The lowest BCUT2D eigenvalue weighted by atomic mass is 9.86. The van der Waals surface area contributed by atoms with Gasteiger partial charge >= 0.3 is 5.97 Å². The molecule has 1 fully saturated rings. The molecular formula is C17H20O5. The fourth-order valence-corrected chi connectivity index (χ4v) is 2.63. The zero-order valence-corrected chi connectivity index (χ0v) is 13.0. The van der Waals surface area contributed by atoms with Crippen LogP contribution in [0.5, 0.6) is 17.2 Å². The molecule has 0 bridgehead atoms. The molecule has 1 heterocycles. The summed E-state index contributed by atoms with van der Waals surface area (Å²) in [5.74, 6) is 3.60. The van der Waals surface area contributed by atoms with Crippen molar-refractivity contribution in [2.75, 3.05) is 21.3 Å². The molecule has 0 radical (unpaired) electrons. The minimum atomic E-state index is -0.313. The van der Waals surface area contributed by atoms with Crippen LogP contribution in [0.25, 0.3) is 0 Å². The van der Waals surface area contributed by atoms with Crippen LogP contribution in [0.3, 0.4) is 0 Å². The Labute approximate surface area is 130 Å². The maximum atomic E-state index is 11.9. The van der Waals surface area contributed by atoms with Gasteiger partial charge in [-0.15, -0.1) is 12.3 Å². The molecule has 0 aliphatic carbocycles. The second kappa shape index (κ2) is 7.08. The highest BCUT2D eigenvalue weighted by atomic mass is 16.6. The molecule has 0 amide bonds. The molecule has 0 saturated carbocycles. The lowest BCUT2D eigenvalue weighted by Gasteiger charge is -2.35. The second-order valence-corrected chi connectivity index (χ2v) is 5.01. The summed E-state index contributed by atoms with van der Waals surface area (Å²) in [5.41, 5.74) is 0.802. The summed E-state index contributed by atoms with van der Waals surface area (Å²) in [6.07, 6.45) is 7.35. The molecule has 5 nitrogen and oxygen atoms in total. The van der Waals surface area contributed by atoms with E-state index in [2.05, 4.69) is 5.92 Å². The number of cyclic esters (lactones) is 1. The Morgan fingerprint density at radius 2 is 1.82 bits per heavy atom. The number of hydrogen-bond donors (Lipinski definition) is 0. The van der Waals surface area contributed by atoms with Crippen molar-refractivity contribution in [3.8, 4) is 29.6 Å². The van der Waals surface area contributed by atoms with Crippen molar-refractivity contribution in [1.29, 1.82) is 0 Å². The highest BCUT2D eigenvalue weighted by molar-refractivity contribution is 5.85. The average molecular weight is 304 g/mol. The molecule has 5 heteroatoms. The number of unbranched alkanes of at least 4 members (excludes halogenated alkanes) is 1. The number of methoxy groups -OCH3 is 3. The number of ether oxygens (including phenoxy) is 4. The van der Waals surface area contributed by atoms with Crippen molar-refractivity contribution >= 4 is 5.97 Å². The first-order valence-electron chi connectivity index (χ1n) is 7.10. The highest BCUT2D eigenvalue weighted by Crippen LogP contribution is 2.44. The first kappa shape index (κ1) is 16.0. The zero-order chi connectivity index (χ0) is 16.1. The SMILES string of the molecule is C#CCCC[C@@H]1OC(=O)C1c1cc(OC)c(OC)c(OC)c1. The van der Waals surface area contributed by atoms with Crippen LogP contribution in [0.4, 0.5) is 0 Å². The van der Waals surface area contributed by atoms with E-state index >= 15 is 0 Å². The number of carbonyl (C=O) groups is 1. The molecule has 2 atom stereocenters. The summed E-state index contributed by atoms with van der Waals surface area (Å²) in [6.45, 7) is 0.